The van der Waals surface area contributed by atoms with Crippen LogP contribution in [-0.4, -0.2) is 36.0 Å². The summed E-state index contributed by atoms with van der Waals surface area (Å²) in [7, 11) is 0. The Morgan fingerprint density at radius 3 is 2.96 bits per heavy atom. The van der Waals surface area contributed by atoms with E-state index in [9.17, 15) is 4.79 Å². The van der Waals surface area contributed by atoms with E-state index in [1.54, 1.807) is 0 Å². The fourth-order valence-corrected chi connectivity index (χ4v) is 3.74. The molecule has 23 heavy (non-hydrogen) atoms. The molecule has 128 valence electrons. The van der Waals surface area contributed by atoms with Gasteiger partial charge in [0.25, 0.3) is 0 Å². The van der Waals surface area contributed by atoms with E-state index < -0.39 is 0 Å². The topological polar surface area (TPSA) is 55.6 Å². The van der Waals surface area contributed by atoms with Crippen LogP contribution in [0.3, 0.4) is 0 Å². The zero-order valence-electron chi connectivity index (χ0n) is 13.7. The van der Waals surface area contributed by atoms with Gasteiger partial charge in [-0.05, 0) is 43.7 Å². The molecule has 0 aliphatic carbocycles. The highest BCUT2D eigenvalue weighted by molar-refractivity contribution is 5.85. The van der Waals surface area contributed by atoms with E-state index in [0.29, 0.717) is 13.0 Å². The van der Waals surface area contributed by atoms with Crippen molar-refractivity contribution in [2.45, 2.75) is 57.2 Å². The van der Waals surface area contributed by atoms with Crippen molar-refractivity contribution in [2.24, 2.45) is 5.73 Å². The van der Waals surface area contributed by atoms with Crippen LogP contribution in [0.4, 0.5) is 0 Å². The molecule has 1 aromatic carbocycles. The summed E-state index contributed by atoms with van der Waals surface area (Å²) in [5.41, 5.74) is 8.57. The summed E-state index contributed by atoms with van der Waals surface area (Å²) < 4.78 is 5.88. The number of carbonyl (C=O) groups is 1. The highest BCUT2D eigenvalue weighted by atomic mass is 35.5. The van der Waals surface area contributed by atoms with Crippen molar-refractivity contribution < 1.29 is 9.53 Å². The van der Waals surface area contributed by atoms with Crippen molar-refractivity contribution in [3.63, 3.8) is 0 Å². The number of likely N-dealkylation sites (tertiary alicyclic amines) is 1. The van der Waals surface area contributed by atoms with Gasteiger partial charge in [0.1, 0.15) is 0 Å². The summed E-state index contributed by atoms with van der Waals surface area (Å²) in [6.45, 7) is 3.54. The van der Waals surface area contributed by atoms with Gasteiger partial charge in [-0.3, -0.25) is 4.79 Å². The fraction of sp³-hybridized carbons (Fsp3) is 0.611. The predicted molar refractivity (Wildman–Crippen MR) is 93.7 cm³/mol. The molecule has 1 amide bonds. The maximum absolute atomic E-state index is 12.8. The zero-order valence-corrected chi connectivity index (χ0v) is 14.6. The maximum Gasteiger partial charge on any atom is 0.225 e. The van der Waals surface area contributed by atoms with Gasteiger partial charge in [-0.15, -0.1) is 12.4 Å². The minimum Gasteiger partial charge on any atom is -0.373 e. The van der Waals surface area contributed by atoms with E-state index in [2.05, 4.69) is 18.2 Å². The van der Waals surface area contributed by atoms with Crippen LogP contribution in [0.1, 0.15) is 49.8 Å². The lowest BCUT2D eigenvalue weighted by Gasteiger charge is -2.39. The lowest BCUT2D eigenvalue weighted by molar-refractivity contribution is -0.138. The van der Waals surface area contributed by atoms with Crippen molar-refractivity contribution in [2.75, 3.05) is 13.2 Å². The van der Waals surface area contributed by atoms with Crippen molar-refractivity contribution in [3.05, 3.63) is 35.4 Å². The number of piperidine rings is 1. The molecule has 3 unspecified atom stereocenters. The van der Waals surface area contributed by atoms with Crippen LogP contribution in [0.15, 0.2) is 24.3 Å². The summed E-state index contributed by atoms with van der Waals surface area (Å²) in [6.07, 6.45) is 4.53. The molecular formula is C18H27ClN2O2. The van der Waals surface area contributed by atoms with Crippen LogP contribution in [0.5, 0.6) is 0 Å². The van der Waals surface area contributed by atoms with Crippen LogP contribution < -0.4 is 5.73 Å². The minimum atomic E-state index is -0.104. The summed E-state index contributed by atoms with van der Waals surface area (Å²) in [6, 6.07) is 8.52. The molecule has 0 bridgehead atoms. The SMILES string of the molecule is CC(N)C1CCCCN1C(=O)CC1OCCc2ccccc21.Cl. The Balaban J connectivity index is 0.00000192. The number of fused-ring (bicyclic) bond motifs is 1. The van der Waals surface area contributed by atoms with Crippen molar-refractivity contribution in [1.82, 2.24) is 4.90 Å². The predicted octanol–water partition coefficient (Wildman–Crippen LogP) is 2.84. The van der Waals surface area contributed by atoms with Crippen LogP contribution in [0, 0.1) is 0 Å². The largest absolute Gasteiger partial charge is 0.373 e. The molecule has 2 heterocycles. The van der Waals surface area contributed by atoms with Gasteiger partial charge < -0.3 is 15.4 Å². The van der Waals surface area contributed by atoms with E-state index in [4.69, 9.17) is 10.5 Å². The lowest BCUT2D eigenvalue weighted by Crippen LogP contribution is -2.52. The highest BCUT2D eigenvalue weighted by Gasteiger charge is 2.32. The average Bonchev–Trinajstić information content (AvgIpc) is 2.55. The molecule has 1 aromatic rings. The van der Waals surface area contributed by atoms with Crippen molar-refractivity contribution in [3.8, 4) is 0 Å². The van der Waals surface area contributed by atoms with E-state index in [-0.39, 0.29) is 36.5 Å². The molecule has 0 saturated carbocycles. The van der Waals surface area contributed by atoms with Crippen LogP contribution in [-0.2, 0) is 16.0 Å². The molecule has 1 saturated heterocycles. The van der Waals surface area contributed by atoms with Crippen molar-refractivity contribution in [1.29, 1.82) is 0 Å². The molecule has 3 atom stereocenters. The second-order valence-electron chi connectivity index (χ2n) is 6.52. The van der Waals surface area contributed by atoms with Gasteiger partial charge in [0, 0.05) is 18.6 Å². The smallest absolute Gasteiger partial charge is 0.225 e. The molecule has 2 aliphatic heterocycles. The Bertz CT molecular complexity index is 536. The molecule has 0 aromatic heterocycles. The Kier molecular flexibility index (Phi) is 6.45. The number of carbonyl (C=O) groups excluding carboxylic acids is 1. The molecule has 0 spiro atoms. The van der Waals surface area contributed by atoms with E-state index in [0.717, 1.165) is 25.8 Å². The van der Waals surface area contributed by atoms with E-state index in [1.165, 1.54) is 17.5 Å². The third kappa shape index (κ3) is 4.06. The first-order valence-electron chi connectivity index (χ1n) is 8.41. The molecule has 0 radical (unpaired) electrons. The standard InChI is InChI=1S/C18H26N2O2.ClH/c1-13(19)16-8-4-5-10-20(16)18(21)12-17-15-7-3-2-6-14(15)9-11-22-17;/h2-3,6-7,13,16-17H,4-5,8-12,19H2,1H3;1H. The third-order valence-electron chi connectivity index (χ3n) is 4.93. The Morgan fingerprint density at radius 1 is 1.39 bits per heavy atom. The van der Waals surface area contributed by atoms with Crippen LogP contribution in [0.25, 0.3) is 0 Å². The highest BCUT2D eigenvalue weighted by Crippen LogP contribution is 2.31. The first-order chi connectivity index (χ1) is 10.7. The van der Waals surface area contributed by atoms with Crippen LogP contribution >= 0.6 is 12.4 Å². The van der Waals surface area contributed by atoms with Gasteiger partial charge in [0.2, 0.25) is 5.91 Å². The molecule has 4 nitrogen and oxygen atoms in total. The number of nitrogens with two attached hydrogens (primary N) is 1. The molecule has 2 N–H and O–H groups in total. The Labute approximate surface area is 144 Å². The Morgan fingerprint density at radius 2 is 2.17 bits per heavy atom. The second-order valence-corrected chi connectivity index (χ2v) is 6.52. The maximum atomic E-state index is 12.8. The summed E-state index contributed by atoms with van der Waals surface area (Å²) in [5.74, 6) is 0.184. The van der Waals surface area contributed by atoms with Gasteiger partial charge in [-0.1, -0.05) is 24.3 Å². The number of ether oxygens (including phenoxy) is 1. The van der Waals surface area contributed by atoms with E-state index in [1.807, 2.05) is 17.9 Å². The molecule has 3 rings (SSSR count). The van der Waals surface area contributed by atoms with Gasteiger partial charge in [-0.25, -0.2) is 0 Å². The van der Waals surface area contributed by atoms with Crippen molar-refractivity contribution >= 4 is 18.3 Å². The van der Waals surface area contributed by atoms with Gasteiger partial charge in [0.15, 0.2) is 0 Å². The third-order valence-corrected chi connectivity index (χ3v) is 4.93. The number of amides is 1. The number of benzene rings is 1. The molecular weight excluding hydrogens is 312 g/mol. The molecule has 2 aliphatic rings. The van der Waals surface area contributed by atoms with Gasteiger partial charge >= 0.3 is 0 Å². The average molecular weight is 339 g/mol. The Hall–Kier alpha value is -1.10. The monoisotopic (exact) mass is 338 g/mol. The number of nitrogens with zero attached hydrogens (tertiary/aromatic N) is 1. The lowest BCUT2D eigenvalue weighted by atomic mass is 9.93. The van der Waals surface area contributed by atoms with Crippen LogP contribution in [0.2, 0.25) is 0 Å². The summed E-state index contributed by atoms with van der Waals surface area (Å²) in [5, 5.41) is 0. The summed E-state index contributed by atoms with van der Waals surface area (Å²) >= 11 is 0. The normalized spacial score (nSPS) is 25.2. The van der Waals surface area contributed by atoms with Gasteiger partial charge in [-0.2, -0.15) is 0 Å². The zero-order chi connectivity index (χ0) is 15.5. The number of hydrogen-bond donors (Lipinski definition) is 1. The van der Waals surface area contributed by atoms with Gasteiger partial charge in [0.05, 0.1) is 19.1 Å². The number of hydrogen-bond acceptors (Lipinski definition) is 3. The first kappa shape index (κ1) is 18.2. The molecule has 5 heteroatoms. The summed E-state index contributed by atoms with van der Waals surface area (Å²) in [4.78, 5) is 14.8. The van der Waals surface area contributed by atoms with E-state index >= 15 is 0 Å². The fourth-order valence-electron chi connectivity index (χ4n) is 3.74. The minimum absolute atomic E-state index is 0. The number of rotatable bonds is 3. The molecule has 1 fully saturated rings. The second kappa shape index (κ2) is 8.13. The quantitative estimate of drug-likeness (QED) is 0.922. The number of halogens is 1. The first-order valence-corrected chi connectivity index (χ1v) is 8.41.